The standard InChI is InChI=1S/C15H21Cl2NO/c1-8-9(2)19-10(3)14(8)15(18-4)12-7-11(16)5-6-13(12)17/h5-10,14-15,18H,1-4H3. The van der Waals surface area contributed by atoms with Crippen molar-refractivity contribution in [3.63, 3.8) is 0 Å². The Morgan fingerprint density at radius 2 is 1.84 bits per heavy atom. The second-order valence-corrected chi connectivity index (χ2v) is 6.26. The van der Waals surface area contributed by atoms with Gasteiger partial charge in [0.25, 0.3) is 0 Å². The highest BCUT2D eigenvalue weighted by atomic mass is 35.5. The Morgan fingerprint density at radius 1 is 1.16 bits per heavy atom. The fraction of sp³-hybridized carbons (Fsp3) is 0.600. The average Bonchev–Trinajstić information content (AvgIpc) is 2.61. The second kappa shape index (κ2) is 6.01. The maximum absolute atomic E-state index is 6.34. The first-order chi connectivity index (χ1) is 8.95. The van der Waals surface area contributed by atoms with Crippen molar-refractivity contribution in [1.82, 2.24) is 5.32 Å². The summed E-state index contributed by atoms with van der Waals surface area (Å²) in [6.45, 7) is 6.50. The lowest BCUT2D eigenvalue weighted by molar-refractivity contribution is 0.0478. The summed E-state index contributed by atoms with van der Waals surface area (Å²) in [4.78, 5) is 0. The molecule has 4 heteroatoms. The predicted octanol–water partition coefficient (Wildman–Crippen LogP) is 4.31. The van der Waals surface area contributed by atoms with Crippen molar-refractivity contribution in [1.29, 1.82) is 0 Å². The first-order valence-corrected chi connectivity index (χ1v) is 7.49. The molecule has 2 rings (SSSR count). The summed E-state index contributed by atoms with van der Waals surface area (Å²) in [6.07, 6.45) is 0.478. The van der Waals surface area contributed by atoms with Crippen LogP contribution in [0.2, 0.25) is 10.0 Å². The highest BCUT2D eigenvalue weighted by Gasteiger charge is 2.42. The first kappa shape index (κ1) is 15.1. The van der Waals surface area contributed by atoms with E-state index in [0.717, 1.165) is 10.6 Å². The van der Waals surface area contributed by atoms with Crippen LogP contribution in [-0.2, 0) is 4.74 Å². The van der Waals surface area contributed by atoms with Gasteiger partial charge < -0.3 is 10.1 Å². The molecule has 19 heavy (non-hydrogen) atoms. The number of hydrogen-bond donors (Lipinski definition) is 1. The smallest absolute Gasteiger partial charge is 0.0600 e. The number of rotatable bonds is 3. The molecule has 5 atom stereocenters. The lowest BCUT2D eigenvalue weighted by Gasteiger charge is -2.29. The van der Waals surface area contributed by atoms with Gasteiger partial charge >= 0.3 is 0 Å². The highest BCUT2D eigenvalue weighted by molar-refractivity contribution is 6.33. The van der Waals surface area contributed by atoms with Crippen LogP contribution in [0, 0.1) is 11.8 Å². The van der Waals surface area contributed by atoms with Gasteiger partial charge in [-0.3, -0.25) is 0 Å². The Hall–Kier alpha value is -0.280. The Kier molecular flexibility index (Phi) is 4.78. The molecule has 106 valence electrons. The van der Waals surface area contributed by atoms with Crippen LogP contribution < -0.4 is 5.32 Å². The van der Waals surface area contributed by atoms with Gasteiger partial charge in [0.05, 0.1) is 12.2 Å². The molecule has 0 bridgehead atoms. The lowest BCUT2D eigenvalue weighted by atomic mass is 9.80. The molecular formula is C15H21Cl2NO. The summed E-state index contributed by atoms with van der Waals surface area (Å²) in [7, 11) is 1.96. The van der Waals surface area contributed by atoms with E-state index in [2.05, 4.69) is 26.1 Å². The van der Waals surface area contributed by atoms with Crippen LogP contribution in [0.25, 0.3) is 0 Å². The van der Waals surface area contributed by atoms with Crippen LogP contribution >= 0.6 is 23.2 Å². The molecule has 1 aliphatic rings. The van der Waals surface area contributed by atoms with Crippen LogP contribution in [0.3, 0.4) is 0 Å². The third kappa shape index (κ3) is 2.92. The number of ether oxygens (including phenoxy) is 1. The molecule has 1 aromatic rings. The highest BCUT2D eigenvalue weighted by Crippen LogP contribution is 2.42. The van der Waals surface area contributed by atoms with E-state index in [0.29, 0.717) is 16.9 Å². The van der Waals surface area contributed by atoms with Crippen LogP contribution in [0.15, 0.2) is 18.2 Å². The maximum atomic E-state index is 6.34. The van der Waals surface area contributed by atoms with Gasteiger partial charge in [0.1, 0.15) is 0 Å². The van der Waals surface area contributed by atoms with Crippen LogP contribution in [0.4, 0.5) is 0 Å². The van der Waals surface area contributed by atoms with Crippen molar-refractivity contribution < 1.29 is 4.74 Å². The zero-order valence-corrected chi connectivity index (χ0v) is 13.3. The third-order valence-electron chi connectivity index (χ3n) is 4.31. The summed E-state index contributed by atoms with van der Waals surface area (Å²) >= 11 is 12.4. The molecule has 0 saturated carbocycles. The van der Waals surface area contributed by atoms with E-state index in [1.165, 1.54) is 0 Å². The largest absolute Gasteiger partial charge is 0.375 e. The fourth-order valence-corrected chi connectivity index (χ4v) is 3.59. The Bertz CT molecular complexity index is 452. The minimum absolute atomic E-state index is 0.154. The van der Waals surface area contributed by atoms with Crippen molar-refractivity contribution in [3.05, 3.63) is 33.8 Å². The second-order valence-electron chi connectivity index (χ2n) is 5.41. The minimum atomic E-state index is 0.154. The van der Waals surface area contributed by atoms with E-state index in [9.17, 15) is 0 Å². The first-order valence-electron chi connectivity index (χ1n) is 6.73. The van der Waals surface area contributed by atoms with Gasteiger partial charge in [-0.05, 0) is 50.6 Å². The molecule has 1 aromatic carbocycles. The zero-order valence-electron chi connectivity index (χ0n) is 11.8. The molecule has 0 spiro atoms. The average molecular weight is 302 g/mol. The summed E-state index contributed by atoms with van der Waals surface area (Å²) in [5.74, 6) is 0.860. The van der Waals surface area contributed by atoms with E-state index < -0.39 is 0 Å². The number of benzene rings is 1. The van der Waals surface area contributed by atoms with Gasteiger partial charge in [-0.1, -0.05) is 30.1 Å². The van der Waals surface area contributed by atoms with Gasteiger partial charge in [-0.2, -0.15) is 0 Å². The van der Waals surface area contributed by atoms with Gasteiger partial charge in [0, 0.05) is 22.0 Å². The topological polar surface area (TPSA) is 21.3 Å². The number of halogens is 2. The van der Waals surface area contributed by atoms with E-state index in [1.54, 1.807) is 0 Å². The van der Waals surface area contributed by atoms with Crippen LogP contribution in [0.5, 0.6) is 0 Å². The van der Waals surface area contributed by atoms with Gasteiger partial charge in [0.15, 0.2) is 0 Å². The molecule has 1 heterocycles. The van der Waals surface area contributed by atoms with Gasteiger partial charge in [-0.25, -0.2) is 0 Å². The molecule has 0 amide bonds. The number of nitrogens with one attached hydrogen (secondary N) is 1. The molecule has 0 aromatic heterocycles. The molecule has 1 N–H and O–H groups in total. The number of hydrogen-bond acceptors (Lipinski definition) is 2. The van der Waals surface area contributed by atoms with Crippen LogP contribution in [0.1, 0.15) is 32.4 Å². The molecule has 0 aliphatic carbocycles. The molecule has 5 unspecified atom stereocenters. The summed E-state index contributed by atoms with van der Waals surface area (Å²) in [5, 5.41) is 4.85. The van der Waals surface area contributed by atoms with Crippen LogP contribution in [-0.4, -0.2) is 19.3 Å². The summed E-state index contributed by atoms with van der Waals surface area (Å²) < 4.78 is 5.94. The minimum Gasteiger partial charge on any atom is -0.375 e. The summed E-state index contributed by atoms with van der Waals surface area (Å²) in [5.41, 5.74) is 1.05. The molecule has 1 saturated heterocycles. The van der Waals surface area contributed by atoms with Gasteiger partial charge in [-0.15, -0.1) is 0 Å². The van der Waals surface area contributed by atoms with E-state index in [-0.39, 0.29) is 18.2 Å². The third-order valence-corrected chi connectivity index (χ3v) is 4.89. The Labute approximate surface area is 125 Å². The SMILES string of the molecule is CNC(c1cc(Cl)ccc1Cl)C1C(C)OC(C)C1C. The molecular weight excluding hydrogens is 281 g/mol. The maximum Gasteiger partial charge on any atom is 0.0600 e. The molecule has 1 aliphatic heterocycles. The van der Waals surface area contributed by atoms with Crippen molar-refractivity contribution in [3.8, 4) is 0 Å². The normalized spacial score (nSPS) is 32.5. The zero-order chi connectivity index (χ0) is 14.2. The van der Waals surface area contributed by atoms with E-state index in [1.807, 2.05) is 25.2 Å². The molecule has 0 radical (unpaired) electrons. The van der Waals surface area contributed by atoms with Gasteiger partial charge in [0.2, 0.25) is 0 Å². The van der Waals surface area contributed by atoms with Crippen molar-refractivity contribution in [2.45, 2.75) is 39.0 Å². The van der Waals surface area contributed by atoms with Crippen molar-refractivity contribution in [2.75, 3.05) is 7.05 Å². The quantitative estimate of drug-likeness (QED) is 0.898. The fourth-order valence-electron chi connectivity index (χ4n) is 3.18. The summed E-state index contributed by atoms with van der Waals surface area (Å²) in [6, 6.07) is 5.79. The Balaban J connectivity index is 2.37. The molecule has 2 nitrogen and oxygen atoms in total. The van der Waals surface area contributed by atoms with E-state index in [4.69, 9.17) is 27.9 Å². The molecule has 1 fully saturated rings. The predicted molar refractivity (Wildman–Crippen MR) is 80.9 cm³/mol. The van der Waals surface area contributed by atoms with Crippen molar-refractivity contribution >= 4 is 23.2 Å². The van der Waals surface area contributed by atoms with Crippen molar-refractivity contribution in [2.24, 2.45) is 11.8 Å². The lowest BCUT2D eigenvalue weighted by Crippen LogP contribution is -2.33. The Morgan fingerprint density at radius 3 is 2.37 bits per heavy atom. The van der Waals surface area contributed by atoms with E-state index >= 15 is 0 Å². The monoisotopic (exact) mass is 301 g/mol.